The summed E-state index contributed by atoms with van der Waals surface area (Å²) in [5.41, 5.74) is 0.520. The molecule has 1 aromatic heterocycles. The molecule has 2 atom stereocenters. The summed E-state index contributed by atoms with van der Waals surface area (Å²) in [4.78, 5) is 28.4. The van der Waals surface area contributed by atoms with Gasteiger partial charge in [0, 0.05) is 24.9 Å². The summed E-state index contributed by atoms with van der Waals surface area (Å²) in [5, 5.41) is 18.8. The summed E-state index contributed by atoms with van der Waals surface area (Å²) in [6.07, 6.45) is 7.91. The molecule has 198 valence electrons. The highest BCUT2D eigenvalue weighted by Gasteiger charge is 2.27. The molecule has 0 radical (unpaired) electrons. The first-order valence-electron chi connectivity index (χ1n) is 12.9. The topological polar surface area (TPSA) is 118 Å². The van der Waals surface area contributed by atoms with Gasteiger partial charge in [-0.3, -0.25) is 9.36 Å². The standard InChI is InChI=1S/C26H39N5O4S/c32-19-25-35-24(20-36-25)31-17-13-22(30-26(31)34)29-23(33)12-6-2-7-14-27-15-8-3-9-16-28-18-21-10-4-1-5-11-21/h1,4-5,10-11,13,17,24-25,27-28,32H,2-3,6-9,12,14-16,18-20H2,(H,29,30,33,34). The molecule has 1 saturated heterocycles. The van der Waals surface area contributed by atoms with Gasteiger partial charge < -0.3 is 25.8 Å². The van der Waals surface area contributed by atoms with Crippen LogP contribution in [0.1, 0.15) is 56.7 Å². The number of aromatic nitrogens is 2. The number of unbranched alkanes of at least 4 members (excludes halogenated alkanes) is 4. The normalized spacial score (nSPS) is 17.4. The third kappa shape index (κ3) is 10.4. The number of amides is 1. The first-order chi connectivity index (χ1) is 17.7. The number of thioether (sulfide) groups is 1. The van der Waals surface area contributed by atoms with Gasteiger partial charge in [-0.2, -0.15) is 4.98 Å². The van der Waals surface area contributed by atoms with Gasteiger partial charge in [-0.05, 0) is 56.9 Å². The van der Waals surface area contributed by atoms with E-state index in [1.54, 1.807) is 12.3 Å². The number of rotatable bonds is 17. The molecule has 2 heterocycles. The summed E-state index contributed by atoms with van der Waals surface area (Å²) in [6.45, 7) is 3.88. The number of carbonyl (C=O) groups is 1. The molecule has 0 saturated carbocycles. The lowest BCUT2D eigenvalue weighted by Crippen LogP contribution is -2.29. The van der Waals surface area contributed by atoms with Crippen LogP contribution in [0.3, 0.4) is 0 Å². The highest BCUT2D eigenvalue weighted by Crippen LogP contribution is 2.30. The number of benzene rings is 1. The lowest BCUT2D eigenvalue weighted by Gasteiger charge is -2.14. The predicted molar refractivity (Wildman–Crippen MR) is 144 cm³/mol. The maximum atomic E-state index is 12.3. The maximum absolute atomic E-state index is 12.3. The molecule has 36 heavy (non-hydrogen) atoms. The van der Waals surface area contributed by atoms with Gasteiger partial charge >= 0.3 is 5.69 Å². The van der Waals surface area contributed by atoms with Crippen molar-refractivity contribution in [3.8, 4) is 0 Å². The number of carbonyl (C=O) groups excluding carboxylic acids is 1. The summed E-state index contributed by atoms with van der Waals surface area (Å²) in [5.74, 6) is 0.684. The van der Waals surface area contributed by atoms with Crippen LogP contribution in [0.2, 0.25) is 0 Å². The quantitative estimate of drug-likeness (QED) is 0.237. The average Bonchev–Trinajstić information content (AvgIpc) is 3.36. The van der Waals surface area contributed by atoms with Gasteiger partial charge in [0.25, 0.3) is 0 Å². The number of hydrogen-bond donors (Lipinski definition) is 4. The summed E-state index contributed by atoms with van der Waals surface area (Å²) in [7, 11) is 0. The van der Waals surface area contributed by atoms with Gasteiger partial charge in [0.2, 0.25) is 5.91 Å². The molecule has 10 heteroatoms. The van der Waals surface area contributed by atoms with E-state index in [0.717, 1.165) is 45.4 Å². The second-order valence-electron chi connectivity index (χ2n) is 8.87. The molecular weight excluding hydrogens is 478 g/mol. The van der Waals surface area contributed by atoms with E-state index in [4.69, 9.17) is 9.84 Å². The Hall–Kier alpha value is -2.24. The van der Waals surface area contributed by atoms with E-state index in [-0.39, 0.29) is 23.8 Å². The molecule has 2 aromatic rings. The molecule has 2 unspecified atom stereocenters. The number of hydrogen-bond acceptors (Lipinski definition) is 8. The number of nitrogens with zero attached hydrogens (tertiary/aromatic N) is 2. The summed E-state index contributed by atoms with van der Waals surface area (Å²) >= 11 is 1.45. The Labute approximate surface area is 217 Å². The van der Waals surface area contributed by atoms with Crippen molar-refractivity contribution in [2.45, 2.75) is 63.2 Å². The zero-order chi connectivity index (χ0) is 25.4. The van der Waals surface area contributed by atoms with Gasteiger partial charge in [0.15, 0.2) is 0 Å². The smallest absolute Gasteiger partial charge is 0.351 e. The molecule has 3 rings (SSSR count). The van der Waals surface area contributed by atoms with E-state index in [1.807, 2.05) is 6.07 Å². The van der Waals surface area contributed by atoms with Crippen molar-refractivity contribution in [1.82, 2.24) is 20.2 Å². The number of aliphatic hydroxyl groups is 1. The van der Waals surface area contributed by atoms with Gasteiger partial charge in [0.05, 0.1) is 6.61 Å². The number of ether oxygens (including phenoxy) is 1. The Kier molecular flexibility index (Phi) is 13.0. The first-order valence-corrected chi connectivity index (χ1v) is 13.9. The highest BCUT2D eigenvalue weighted by atomic mass is 32.2. The van der Waals surface area contributed by atoms with Gasteiger partial charge in [-0.25, -0.2) is 4.79 Å². The van der Waals surface area contributed by atoms with Crippen molar-refractivity contribution in [3.05, 3.63) is 58.6 Å². The number of aliphatic hydroxyl groups excluding tert-OH is 1. The van der Waals surface area contributed by atoms with Crippen LogP contribution >= 0.6 is 11.8 Å². The minimum absolute atomic E-state index is 0.0959. The maximum Gasteiger partial charge on any atom is 0.351 e. The largest absolute Gasteiger partial charge is 0.393 e. The highest BCUT2D eigenvalue weighted by molar-refractivity contribution is 8.00. The minimum Gasteiger partial charge on any atom is -0.393 e. The molecule has 0 bridgehead atoms. The molecule has 1 fully saturated rings. The lowest BCUT2D eigenvalue weighted by atomic mass is 10.2. The Morgan fingerprint density at radius 3 is 2.44 bits per heavy atom. The molecule has 1 aliphatic heterocycles. The molecule has 1 amide bonds. The van der Waals surface area contributed by atoms with Crippen molar-refractivity contribution in [3.63, 3.8) is 0 Å². The van der Waals surface area contributed by atoms with E-state index in [0.29, 0.717) is 12.2 Å². The third-order valence-electron chi connectivity index (χ3n) is 5.93. The van der Waals surface area contributed by atoms with E-state index in [2.05, 4.69) is 45.2 Å². The van der Waals surface area contributed by atoms with Crippen LogP contribution in [0.4, 0.5) is 5.82 Å². The van der Waals surface area contributed by atoms with Gasteiger partial charge in [-0.15, -0.1) is 11.8 Å². The molecule has 1 aliphatic rings. The third-order valence-corrected chi connectivity index (χ3v) is 7.04. The van der Waals surface area contributed by atoms with Crippen LogP contribution < -0.4 is 21.6 Å². The van der Waals surface area contributed by atoms with Crippen molar-refractivity contribution >= 4 is 23.5 Å². The fourth-order valence-electron chi connectivity index (χ4n) is 3.93. The Balaban J connectivity index is 1.15. The predicted octanol–water partition coefficient (Wildman–Crippen LogP) is 2.87. The SMILES string of the molecule is O=C(CCCCCNCCCCCNCc1ccccc1)Nc1ccn(C2CSC(CO)O2)c(=O)n1. The van der Waals surface area contributed by atoms with Crippen LogP contribution in [-0.4, -0.2) is 58.0 Å². The fourth-order valence-corrected chi connectivity index (χ4v) is 4.87. The fraction of sp³-hybridized carbons (Fsp3) is 0.577. The lowest BCUT2D eigenvalue weighted by molar-refractivity contribution is -0.116. The van der Waals surface area contributed by atoms with Crippen LogP contribution in [0.5, 0.6) is 0 Å². The Morgan fingerprint density at radius 1 is 1.03 bits per heavy atom. The van der Waals surface area contributed by atoms with Crippen molar-refractivity contribution in [2.24, 2.45) is 0 Å². The van der Waals surface area contributed by atoms with Crippen LogP contribution in [0, 0.1) is 0 Å². The zero-order valence-corrected chi connectivity index (χ0v) is 21.7. The second-order valence-corrected chi connectivity index (χ2v) is 10.1. The molecule has 4 N–H and O–H groups in total. The van der Waals surface area contributed by atoms with Crippen molar-refractivity contribution in [2.75, 3.05) is 37.3 Å². The molecule has 0 spiro atoms. The van der Waals surface area contributed by atoms with E-state index in [9.17, 15) is 9.59 Å². The summed E-state index contributed by atoms with van der Waals surface area (Å²) in [6, 6.07) is 12.1. The average molecular weight is 518 g/mol. The van der Waals surface area contributed by atoms with E-state index < -0.39 is 11.9 Å². The summed E-state index contributed by atoms with van der Waals surface area (Å²) < 4.78 is 6.96. The molecule has 0 aliphatic carbocycles. The van der Waals surface area contributed by atoms with E-state index in [1.165, 1.54) is 41.2 Å². The zero-order valence-electron chi connectivity index (χ0n) is 20.9. The van der Waals surface area contributed by atoms with E-state index >= 15 is 0 Å². The van der Waals surface area contributed by atoms with Gasteiger partial charge in [0.1, 0.15) is 17.5 Å². The Morgan fingerprint density at radius 2 is 1.75 bits per heavy atom. The molecule has 9 nitrogen and oxygen atoms in total. The van der Waals surface area contributed by atoms with Crippen molar-refractivity contribution in [1.29, 1.82) is 0 Å². The monoisotopic (exact) mass is 517 g/mol. The van der Waals surface area contributed by atoms with Crippen LogP contribution in [0.15, 0.2) is 47.4 Å². The molecular formula is C26H39N5O4S. The van der Waals surface area contributed by atoms with Crippen molar-refractivity contribution < 1.29 is 14.6 Å². The van der Waals surface area contributed by atoms with Crippen LogP contribution in [0.25, 0.3) is 0 Å². The Bertz CT molecular complexity index is 959. The minimum atomic E-state index is -0.480. The second kappa shape index (κ2) is 16.5. The van der Waals surface area contributed by atoms with Crippen LogP contribution in [-0.2, 0) is 16.1 Å². The first kappa shape index (κ1) is 28.3. The van der Waals surface area contributed by atoms with Gasteiger partial charge in [-0.1, -0.05) is 43.2 Å². The molecule has 1 aromatic carbocycles. The number of nitrogens with one attached hydrogen (secondary N) is 3. The number of anilines is 1.